The molecular weight excluding hydrogens is 446 g/mol. The first-order valence-corrected chi connectivity index (χ1v) is 12.3. The minimum atomic E-state index is 0.0335. The van der Waals surface area contributed by atoms with Gasteiger partial charge in [0.15, 0.2) is 5.65 Å². The van der Waals surface area contributed by atoms with Crippen molar-refractivity contribution in [3.8, 4) is 0 Å². The Bertz CT molecular complexity index is 1380. The maximum absolute atomic E-state index is 12.0. The van der Waals surface area contributed by atoms with Crippen LogP contribution in [0.1, 0.15) is 30.6 Å². The number of benzene rings is 2. The first-order valence-electron chi connectivity index (χ1n) is 11.4. The third kappa shape index (κ3) is 5.12. The van der Waals surface area contributed by atoms with Crippen LogP contribution in [0.25, 0.3) is 22.1 Å². The third-order valence-electron chi connectivity index (χ3n) is 5.61. The molecule has 172 valence electrons. The molecule has 0 spiro atoms. The van der Waals surface area contributed by atoms with Gasteiger partial charge in [0.1, 0.15) is 11.3 Å². The van der Waals surface area contributed by atoms with Crippen LogP contribution in [0.2, 0.25) is 0 Å². The third-order valence-corrected chi connectivity index (χ3v) is 6.53. The fraction of sp³-hybridized carbons (Fsp3) is 0.231. The molecule has 34 heavy (non-hydrogen) atoms. The van der Waals surface area contributed by atoms with E-state index >= 15 is 0 Å². The van der Waals surface area contributed by atoms with E-state index < -0.39 is 0 Å². The number of carbonyl (C=O) groups excluding carboxylic acids is 1. The second-order valence-electron chi connectivity index (χ2n) is 8.02. The van der Waals surface area contributed by atoms with E-state index in [1.54, 1.807) is 18.0 Å². The highest BCUT2D eigenvalue weighted by atomic mass is 32.2. The summed E-state index contributed by atoms with van der Waals surface area (Å²) in [5.74, 6) is 1.62. The van der Waals surface area contributed by atoms with Crippen LogP contribution in [-0.4, -0.2) is 31.4 Å². The molecule has 0 radical (unpaired) electrons. The smallest absolute Gasteiger partial charge is 0.220 e. The maximum Gasteiger partial charge on any atom is 0.220 e. The van der Waals surface area contributed by atoms with Crippen molar-refractivity contribution in [3.63, 3.8) is 0 Å². The van der Waals surface area contributed by atoms with Crippen LogP contribution in [0.3, 0.4) is 0 Å². The van der Waals surface area contributed by atoms with Gasteiger partial charge in [0.05, 0.1) is 18.3 Å². The Kier molecular flexibility index (Phi) is 6.86. The van der Waals surface area contributed by atoms with Gasteiger partial charge in [-0.15, -0.1) is 10.2 Å². The van der Waals surface area contributed by atoms with E-state index in [1.807, 2.05) is 30.3 Å². The highest BCUT2D eigenvalue weighted by Gasteiger charge is 2.15. The minimum Gasteiger partial charge on any atom is -0.467 e. The number of unbranched alkanes of at least 4 members (excludes halogenated alkanes) is 1. The lowest BCUT2D eigenvalue weighted by Gasteiger charge is -2.07. The van der Waals surface area contributed by atoms with Crippen LogP contribution < -0.4 is 5.32 Å². The number of aromatic nitrogens is 4. The number of hydrogen-bond acceptors (Lipinski definition) is 6. The van der Waals surface area contributed by atoms with Gasteiger partial charge in [-0.25, -0.2) is 4.98 Å². The van der Waals surface area contributed by atoms with Gasteiger partial charge >= 0.3 is 0 Å². The summed E-state index contributed by atoms with van der Waals surface area (Å²) in [5.41, 5.74) is 3.98. The van der Waals surface area contributed by atoms with Gasteiger partial charge in [-0.1, -0.05) is 60.3 Å². The number of fused-ring (bicyclic) bond motifs is 3. The Labute approximate surface area is 201 Å². The minimum absolute atomic E-state index is 0.0335. The molecule has 0 aliphatic heterocycles. The fourth-order valence-electron chi connectivity index (χ4n) is 3.91. The number of furan rings is 1. The molecule has 7 nitrogen and oxygen atoms in total. The molecule has 2 aromatic carbocycles. The molecule has 0 atom stereocenters. The van der Waals surface area contributed by atoms with Gasteiger partial charge in [0.25, 0.3) is 0 Å². The molecule has 0 saturated carbocycles. The van der Waals surface area contributed by atoms with Crippen LogP contribution in [-0.2, 0) is 17.9 Å². The first-order chi connectivity index (χ1) is 16.8. The second-order valence-corrected chi connectivity index (χ2v) is 9.08. The lowest BCUT2D eigenvalue weighted by molar-refractivity contribution is -0.121. The molecule has 1 N–H and O–H groups in total. The van der Waals surface area contributed by atoms with E-state index in [9.17, 15) is 4.79 Å². The predicted molar refractivity (Wildman–Crippen MR) is 134 cm³/mol. The van der Waals surface area contributed by atoms with Crippen molar-refractivity contribution in [2.45, 2.75) is 37.5 Å². The molecule has 1 amide bonds. The fourth-order valence-corrected chi connectivity index (χ4v) is 4.70. The second kappa shape index (κ2) is 10.5. The van der Waals surface area contributed by atoms with Crippen molar-refractivity contribution >= 4 is 39.7 Å². The highest BCUT2D eigenvalue weighted by Crippen LogP contribution is 2.28. The molecule has 3 aromatic heterocycles. The van der Waals surface area contributed by atoms with E-state index in [1.165, 1.54) is 5.56 Å². The van der Waals surface area contributed by atoms with E-state index in [0.29, 0.717) is 18.1 Å². The summed E-state index contributed by atoms with van der Waals surface area (Å²) in [6.45, 7) is 1.15. The standard InChI is InChI=1S/C26H25N5O2S/c32-23(27-17-20-11-8-15-33-20)14-6-7-16-34-26-28-25-24(29-30-26)21-12-4-5-13-22(21)31(25)18-19-9-2-1-3-10-19/h1-5,8-13,15H,6-7,14,16-18H2,(H,27,32). The average Bonchev–Trinajstić information content (AvgIpc) is 3.50. The molecular formula is C26H25N5O2S. The Morgan fingerprint density at radius 2 is 1.82 bits per heavy atom. The molecule has 0 saturated heterocycles. The van der Waals surface area contributed by atoms with Crippen LogP contribution >= 0.6 is 11.8 Å². The quantitative estimate of drug-likeness (QED) is 0.223. The number of para-hydroxylation sites is 1. The zero-order valence-electron chi connectivity index (χ0n) is 18.7. The van der Waals surface area contributed by atoms with Gasteiger partial charge in [-0.05, 0) is 36.6 Å². The van der Waals surface area contributed by atoms with E-state index in [2.05, 4.69) is 56.5 Å². The average molecular weight is 472 g/mol. The van der Waals surface area contributed by atoms with Crippen molar-refractivity contribution in [1.29, 1.82) is 0 Å². The molecule has 0 aliphatic carbocycles. The number of amides is 1. The molecule has 5 aromatic rings. The van der Waals surface area contributed by atoms with Crippen LogP contribution in [0.5, 0.6) is 0 Å². The summed E-state index contributed by atoms with van der Waals surface area (Å²) in [6, 6.07) is 22.3. The van der Waals surface area contributed by atoms with Gasteiger partial charge in [0.2, 0.25) is 11.1 Å². The van der Waals surface area contributed by atoms with E-state index in [-0.39, 0.29) is 5.91 Å². The zero-order valence-corrected chi connectivity index (χ0v) is 19.5. The summed E-state index contributed by atoms with van der Waals surface area (Å²) in [7, 11) is 0. The van der Waals surface area contributed by atoms with Crippen molar-refractivity contribution in [1.82, 2.24) is 25.1 Å². The Balaban J connectivity index is 1.22. The van der Waals surface area contributed by atoms with Gasteiger partial charge < -0.3 is 14.3 Å². The Hall–Kier alpha value is -3.65. The number of thioether (sulfide) groups is 1. The maximum atomic E-state index is 12.0. The summed E-state index contributed by atoms with van der Waals surface area (Å²) >= 11 is 1.58. The Morgan fingerprint density at radius 3 is 2.68 bits per heavy atom. The number of nitrogens with one attached hydrogen (secondary N) is 1. The number of hydrogen-bond donors (Lipinski definition) is 1. The van der Waals surface area contributed by atoms with Crippen molar-refractivity contribution in [3.05, 3.63) is 84.3 Å². The molecule has 8 heteroatoms. The molecule has 0 aliphatic rings. The summed E-state index contributed by atoms with van der Waals surface area (Å²) in [5, 5.41) is 13.5. The van der Waals surface area contributed by atoms with Gasteiger partial charge in [-0.3, -0.25) is 4.79 Å². The van der Waals surface area contributed by atoms with Crippen molar-refractivity contribution in [2.24, 2.45) is 0 Å². The van der Waals surface area contributed by atoms with Crippen LogP contribution in [0.15, 0.2) is 82.6 Å². The number of nitrogens with zero attached hydrogens (tertiary/aromatic N) is 4. The van der Waals surface area contributed by atoms with Crippen molar-refractivity contribution in [2.75, 3.05) is 5.75 Å². The first kappa shape index (κ1) is 22.2. The van der Waals surface area contributed by atoms with Crippen LogP contribution in [0.4, 0.5) is 0 Å². The van der Waals surface area contributed by atoms with Crippen LogP contribution in [0, 0.1) is 0 Å². The molecule has 0 bridgehead atoms. The summed E-state index contributed by atoms with van der Waals surface area (Å²) in [4.78, 5) is 16.9. The van der Waals surface area contributed by atoms with Gasteiger partial charge in [-0.2, -0.15) is 0 Å². The number of carbonyl (C=O) groups is 1. The largest absolute Gasteiger partial charge is 0.467 e. The molecule has 0 fully saturated rings. The summed E-state index contributed by atoms with van der Waals surface area (Å²) < 4.78 is 7.44. The SMILES string of the molecule is O=C(CCCCSc1nnc2c3ccccc3n(Cc3ccccc3)c2n1)NCc1ccco1. The van der Waals surface area contributed by atoms with E-state index in [0.717, 1.165) is 53.0 Å². The highest BCUT2D eigenvalue weighted by molar-refractivity contribution is 7.99. The Morgan fingerprint density at radius 1 is 0.971 bits per heavy atom. The normalized spacial score (nSPS) is 11.3. The van der Waals surface area contributed by atoms with Gasteiger partial charge in [0, 0.05) is 24.1 Å². The summed E-state index contributed by atoms with van der Waals surface area (Å²) in [6.07, 6.45) is 3.80. The van der Waals surface area contributed by atoms with E-state index in [4.69, 9.17) is 9.40 Å². The topological polar surface area (TPSA) is 85.8 Å². The lowest BCUT2D eigenvalue weighted by Crippen LogP contribution is -2.22. The predicted octanol–water partition coefficient (Wildman–Crippen LogP) is 5.20. The molecule has 5 rings (SSSR count). The lowest BCUT2D eigenvalue weighted by atomic mass is 10.2. The number of rotatable bonds is 10. The molecule has 3 heterocycles. The monoisotopic (exact) mass is 471 g/mol. The molecule has 0 unspecified atom stereocenters. The zero-order chi connectivity index (χ0) is 23.2. The van der Waals surface area contributed by atoms with Crippen molar-refractivity contribution < 1.29 is 9.21 Å².